The molecule has 4 rings (SSSR count). The Morgan fingerprint density at radius 2 is 1.89 bits per heavy atom. The van der Waals surface area contributed by atoms with Gasteiger partial charge in [0.25, 0.3) is 5.91 Å². The Balaban J connectivity index is 1.67. The van der Waals surface area contributed by atoms with Crippen molar-refractivity contribution < 1.29 is 13.2 Å². The van der Waals surface area contributed by atoms with Gasteiger partial charge < -0.3 is 5.32 Å². The van der Waals surface area contributed by atoms with E-state index in [-0.39, 0.29) is 10.5 Å². The molecule has 0 saturated carbocycles. The lowest BCUT2D eigenvalue weighted by atomic mass is 10.2. The van der Waals surface area contributed by atoms with E-state index in [1.807, 2.05) is 0 Å². The quantitative estimate of drug-likeness (QED) is 0.659. The molecule has 1 aliphatic rings. The first-order valence-electron chi connectivity index (χ1n) is 8.36. The number of amides is 1. The summed E-state index contributed by atoms with van der Waals surface area (Å²) in [7, 11) is -3.61. The molecule has 10 heteroatoms. The number of halogens is 1. The summed E-state index contributed by atoms with van der Waals surface area (Å²) in [4.78, 5) is 17.0. The summed E-state index contributed by atoms with van der Waals surface area (Å²) in [6, 6.07) is 7.82. The fourth-order valence-corrected chi connectivity index (χ4v) is 5.00. The standard InChI is InChI=1S/C17H16BrN5O3S/c18-14-4-3-12(27(25,26)22-9-1-2-10-22)11-13(14)17(24)21-16-5-7-19-15-6-8-20-23(15)16/h3-8,11H,1-2,9-10H2,(H,21,24). The van der Waals surface area contributed by atoms with Gasteiger partial charge >= 0.3 is 0 Å². The van der Waals surface area contributed by atoms with Crippen molar-refractivity contribution in [2.24, 2.45) is 0 Å². The Morgan fingerprint density at radius 1 is 1.11 bits per heavy atom. The average molecular weight is 450 g/mol. The lowest BCUT2D eigenvalue weighted by molar-refractivity contribution is 0.102. The van der Waals surface area contributed by atoms with E-state index in [4.69, 9.17) is 0 Å². The average Bonchev–Trinajstić information content (AvgIpc) is 3.34. The van der Waals surface area contributed by atoms with Gasteiger partial charge in [-0.25, -0.2) is 13.4 Å². The van der Waals surface area contributed by atoms with E-state index < -0.39 is 15.9 Å². The van der Waals surface area contributed by atoms with Gasteiger partial charge in [0.15, 0.2) is 5.65 Å². The maximum Gasteiger partial charge on any atom is 0.258 e. The fraction of sp³-hybridized carbons (Fsp3) is 0.235. The van der Waals surface area contributed by atoms with Gasteiger partial charge in [0, 0.05) is 29.8 Å². The zero-order chi connectivity index (χ0) is 19.0. The number of rotatable bonds is 4. The Labute approximate surface area is 164 Å². The van der Waals surface area contributed by atoms with E-state index in [0.717, 1.165) is 12.8 Å². The monoisotopic (exact) mass is 449 g/mol. The molecule has 0 spiro atoms. The van der Waals surface area contributed by atoms with Crippen LogP contribution in [0.2, 0.25) is 0 Å². The van der Waals surface area contributed by atoms with Crippen LogP contribution < -0.4 is 5.32 Å². The van der Waals surface area contributed by atoms with Crippen LogP contribution in [0.4, 0.5) is 5.82 Å². The lowest BCUT2D eigenvalue weighted by Gasteiger charge is -2.16. The normalized spacial score (nSPS) is 15.3. The van der Waals surface area contributed by atoms with Crippen molar-refractivity contribution in [3.63, 3.8) is 0 Å². The van der Waals surface area contributed by atoms with Gasteiger partial charge in [0.2, 0.25) is 10.0 Å². The van der Waals surface area contributed by atoms with E-state index >= 15 is 0 Å². The number of aromatic nitrogens is 3. The van der Waals surface area contributed by atoms with Crippen LogP contribution in [0.5, 0.6) is 0 Å². The third-order valence-electron chi connectivity index (χ3n) is 4.42. The van der Waals surface area contributed by atoms with Gasteiger partial charge in [-0.05, 0) is 53.0 Å². The lowest BCUT2D eigenvalue weighted by Crippen LogP contribution is -2.28. The number of fused-ring (bicyclic) bond motifs is 1. The largest absolute Gasteiger partial charge is 0.306 e. The molecule has 1 aromatic carbocycles. The van der Waals surface area contributed by atoms with Crippen LogP contribution in [-0.2, 0) is 10.0 Å². The zero-order valence-corrected chi connectivity index (χ0v) is 16.6. The number of sulfonamides is 1. The van der Waals surface area contributed by atoms with Crippen molar-refractivity contribution in [1.82, 2.24) is 18.9 Å². The Hall–Kier alpha value is -2.30. The Kier molecular flexibility index (Phi) is 4.70. The molecule has 140 valence electrons. The van der Waals surface area contributed by atoms with E-state index in [1.165, 1.54) is 21.0 Å². The van der Waals surface area contributed by atoms with Gasteiger partial charge in [-0.2, -0.15) is 13.9 Å². The molecule has 0 radical (unpaired) electrons. The number of carbonyl (C=O) groups is 1. The molecule has 27 heavy (non-hydrogen) atoms. The third-order valence-corrected chi connectivity index (χ3v) is 7.00. The highest BCUT2D eigenvalue weighted by Gasteiger charge is 2.28. The molecule has 1 saturated heterocycles. The molecule has 1 amide bonds. The van der Waals surface area contributed by atoms with Crippen LogP contribution in [-0.4, -0.2) is 46.3 Å². The molecule has 8 nitrogen and oxygen atoms in total. The van der Waals surface area contributed by atoms with Gasteiger partial charge in [0.1, 0.15) is 5.82 Å². The number of benzene rings is 1. The molecule has 3 heterocycles. The first-order chi connectivity index (χ1) is 13.0. The van der Waals surface area contributed by atoms with E-state index in [0.29, 0.717) is 29.0 Å². The predicted octanol–water partition coefficient (Wildman–Crippen LogP) is 2.53. The van der Waals surface area contributed by atoms with Crippen molar-refractivity contribution in [3.05, 3.63) is 52.8 Å². The minimum atomic E-state index is -3.61. The topological polar surface area (TPSA) is 96.7 Å². The molecule has 0 atom stereocenters. The first-order valence-corrected chi connectivity index (χ1v) is 10.6. The second kappa shape index (κ2) is 7.02. The third kappa shape index (κ3) is 3.35. The van der Waals surface area contributed by atoms with Crippen LogP contribution in [0.25, 0.3) is 5.65 Å². The van der Waals surface area contributed by atoms with Crippen LogP contribution >= 0.6 is 15.9 Å². The first kappa shape index (κ1) is 18.1. The Morgan fingerprint density at radius 3 is 2.67 bits per heavy atom. The molecule has 2 aromatic heterocycles. The molecule has 0 bridgehead atoms. The highest BCUT2D eigenvalue weighted by molar-refractivity contribution is 9.10. The summed E-state index contributed by atoms with van der Waals surface area (Å²) in [5, 5.41) is 6.88. The molecule has 3 aromatic rings. The minimum Gasteiger partial charge on any atom is -0.306 e. The number of hydrogen-bond acceptors (Lipinski definition) is 5. The van der Waals surface area contributed by atoms with Crippen LogP contribution in [0, 0.1) is 0 Å². The zero-order valence-electron chi connectivity index (χ0n) is 14.2. The fourth-order valence-electron chi connectivity index (χ4n) is 3.03. The second-order valence-electron chi connectivity index (χ2n) is 6.14. The van der Waals surface area contributed by atoms with Crippen molar-refractivity contribution in [1.29, 1.82) is 0 Å². The molecule has 1 fully saturated rings. The van der Waals surface area contributed by atoms with Gasteiger partial charge in [-0.15, -0.1) is 0 Å². The molecule has 0 unspecified atom stereocenters. The van der Waals surface area contributed by atoms with Crippen LogP contribution in [0.1, 0.15) is 23.2 Å². The van der Waals surface area contributed by atoms with Crippen molar-refractivity contribution in [2.75, 3.05) is 18.4 Å². The van der Waals surface area contributed by atoms with Crippen LogP contribution in [0.3, 0.4) is 0 Å². The predicted molar refractivity (Wildman–Crippen MR) is 103 cm³/mol. The Bertz CT molecular complexity index is 1120. The summed E-state index contributed by atoms with van der Waals surface area (Å²) in [6.45, 7) is 1.02. The van der Waals surface area contributed by atoms with E-state index in [1.54, 1.807) is 30.6 Å². The van der Waals surface area contributed by atoms with E-state index in [2.05, 4.69) is 31.3 Å². The van der Waals surface area contributed by atoms with Crippen molar-refractivity contribution in [2.45, 2.75) is 17.7 Å². The molecule has 0 aliphatic carbocycles. The smallest absolute Gasteiger partial charge is 0.258 e. The number of hydrogen-bond donors (Lipinski definition) is 1. The van der Waals surface area contributed by atoms with Gasteiger partial charge in [-0.3, -0.25) is 4.79 Å². The molecule has 1 aliphatic heterocycles. The van der Waals surface area contributed by atoms with Gasteiger partial charge in [-0.1, -0.05) is 0 Å². The SMILES string of the molecule is O=C(Nc1ccnc2ccnn12)c1cc(S(=O)(=O)N2CCCC2)ccc1Br. The maximum atomic E-state index is 12.8. The minimum absolute atomic E-state index is 0.108. The summed E-state index contributed by atoms with van der Waals surface area (Å²) in [5.74, 6) is -0.00181. The summed E-state index contributed by atoms with van der Waals surface area (Å²) >= 11 is 3.33. The molecular weight excluding hydrogens is 434 g/mol. The number of carbonyl (C=O) groups excluding carboxylic acids is 1. The number of nitrogens with zero attached hydrogens (tertiary/aromatic N) is 4. The second-order valence-corrected chi connectivity index (χ2v) is 8.93. The molecule has 1 N–H and O–H groups in total. The highest BCUT2D eigenvalue weighted by Crippen LogP contribution is 2.26. The number of nitrogens with one attached hydrogen (secondary N) is 1. The summed E-state index contributed by atoms with van der Waals surface area (Å²) < 4.78 is 29.0. The summed E-state index contributed by atoms with van der Waals surface area (Å²) in [6.07, 6.45) is 4.85. The highest BCUT2D eigenvalue weighted by atomic mass is 79.9. The molecular formula is C17H16BrN5O3S. The van der Waals surface area contributed by atoms with Crippen LogP contribution in [0.15, 0.2) is 52.1 Å². The van der Waals surface area contributed by atoms with Crippen molar-refractivity contribution >= 4 is 43.3 Å². The number of anilines is 1. The van der Waals surface area contributed by atoms with E-state index in [9.17, 15) is 13.2 Å². The summed E-state index contributed by atoms with van der Waals surface area (Å²) in [5.41, 5.74) is 0.824. The maximum absolute atomic E-state index is 12.8. The van der Waals surface area contributed by atoms with Crippen molar-refractivity contribution in [3.8, 4) is 0 Å². The van der Waals surface area contributed by atoms with Gasteiger partial charge in [0.05, 0.1) is 16.7 Å².